The number of nitrogens with zero attached hydrogens (tertiary/aromatic N) is 3. The lowest BCUT2D eigenvalue weighted by molar-refractivity contribution is -0.113. The smallest absolute Gasteiger partial charge is 0.234 e. The van der Waals surface area contributed by atoms with Crippen LogP contribution >= 0.6 is 27.7 Å². The molecule has 9 heteroatoms. The number of nitrogens with one attached hydrogen (secondary N) is 1. The monoisotopic (exact) mass is 461 g/mol. The van der Waals surface area contributed by atoms with E-state index < -0.39 is 0 Å². The number of thioether (sulfide) groups is 1. The average molecular weight is 462 g/mol. The van der Waals surface area contributed by atoms with Gasteiger partial charge in [-0.15, -0.1) is 10.2 Å². The minimum absolute atomic E-state index is 0.136. The molecule has 7 nitrogen and oxygen atoms in total. The Hall–Kier alpha value is -2.52. The van der Waals surface area contributed by atoms with Gasteiger partial charge in [0.2, 0.25) is 11.1 Å². The predicted molar refractivity (Wildman–Crippen MR) is 114 cm³/mol. The number of amides is 1. The van der Waals surface area contributed by atoms with Crippen molar-refractivity contribution in [1.29, 1.82) is 0 Å². The van der Waals surface area contributed by atoms with Crippen molar-refractivity contribution in [2.45, 2.75) is 25.6 Å². The van der Waals surface area contributed by atoms with E-state index in [1.165, 1.54) is 16.4 Å². The third kappa shape index (κ3) is 5.05. The van der Waals surface area contributed by atoms with Gasteiger partial charge in [-0.2, -0.15) is 0 Å². The fourth-order valence-corrected chi connectivity index (χ4v) is 3.94. The summed E-state index contributed by atoms with van der Waals surface area (Å²) in [6.45, 7) is 4.10. The molecular weight excluding hydrogens is 442 g/mol. The first kappa shape index (κ1) is 20.2. The second-order valence-corrected chi connectivity index (χ2v) is 7.98. The van der Waals surface area contributed by atoms with E-state index in [1.807, 2.05) is 56.3 Å². The summed E-state index contributed by atoms with van der Waals surface area (Å²) in [5.74, 6) is 7.26. The molecule has 146 valence electrons. The van der Waals surface area contributed by atoms with Crippen LogP contribution in [0.5, 0.6) is 5.75 Å². The Kier molecular flexibility index (Phi) is 6.58. The fraction of sp³-hybridized carbons (Fsp3) is 0.211. The minimum atomic E-state index is -0.136. The maximum Gasteiger partial charge on any atom is 0.234 e. The SMILES string of the molecule is Cc1cc(Br)cc(C)c1NC(=O)CSc1nnc(COc2ccccc2)n1N. The van der Waals surface area contributed by atoms with Gasteiger partial charge in [0, 0.05) is 10.2 Å². The number of carbonyl (C=O) groups is 1. The lowest BCUT2D eigenvalue weighted by Gasteiger charge is -2.12. The Morgan fingerprint density at radius 2 is 1.89 bits per heavy atom. The van der Waals surface area contributed by atoms with E-state index in [1.54, 1.807) is 0 Å². The van der Waals surface area contributed by atoms with Crippen molar-refractivity contribution in [3.63, 3.8) is 0 Å². The van der Waals surface area contributed by atoms with Crippen LogP contribution in [0.15, 0.2) is 52.1 Å². The number of benzene rings is 2. The number of carbonyl (C=O) groups excluding carboxylic acids is 1. The Morgan fingerprint density at radius 1 is 1.21 bits per heavy atom. The molecule has 0 unspecified atom stereocenters. The number of ether oxygens (including phenoxy) is 1. The molecule has 0 bridgehead atoms. The van der Waals surface area contributed by atoms with Crippen LogP contribution in [0.3, 0.4) is 0 Å². The molecule has 28 heavy (non-hydrogen) atoms. The van der Waals surface area contributed by atoms with Crippen molar-refractivity contribution in [3.05, 3.63) is 63.9 Å². The van der Waals surface area contributed by atoms with Gasteiger partial charge in [0.05, 0.1) is 5.75 Å². The second-order valence-electron chi connectivity index (χ2n) is 6.12. The first-order valence-electron chi connectivity index (χ1n) is 8.50. The number of rotatable bonds is 7. The van der Waals surface area contributed by atoms with E-state index in [0.29, 0.717) is 11.0 Å². The van der Waals surface area contributed by atoms with Gasteiger partial charge in [0.25, 0.3) is 0 Å². The zero-order valence-electron chi connectivity index (χ0n) is 15.5. The van der Waals surface area contributed by atoms with Gasteiger partial charge in [-0.05, 0) is 49.2 Å². The highest BCUT2D eigenvalue weighted by Gasteiger charge is 2.14. The summed E-state index contributed by atoms with van der Waals surface area (Å²) < 4.78 is 7.96. The number of nitrogens with two attached hydrogens (primary N) is 1. The van der Waals surface area contributed by atoms with Gasteiger partial charge in [-0.25, -0.2) is 4.68 Å². The maximum absolute atomic E-state index is 12.3. The van der Waals surface area contributed by atoms with E-state index >= 15 is 0 Å². The summed E-state index contributed by atoms with van der Waals surface area (Å²) in [5, 5.41) is 11.5. The molecule has 0 saturated carbocycles. The van der Waals surface area contributed by atoms with Crippen LogP contribution in [-0.2, 0) is 11.4 Å². The summed E-state index contributed by atoms with van der Waals surface area (Å²) in [4.78, 5) is 12.3. The first-order chi connectivity index (χ1) is 13.4. The molecule has 2 aromatic carbocycles. The number of aryl methyl sites for hydroxylation is 2. The molecule has 3 N–H and O–H groups in total. The van der Waals surface area contributed by atoms with E-state index in [0.717, 1.165) is 27.0 Å². The number of para-hydroxylation sites is 1. The summed E-state index contributed by atoms with van der Waals surface area (Å²) in [7, 11) is 0. The average Bonchev–Trinajstić information content (AvgIpc) is 3.02. The van der Waals surface area contributed by atoms with Crippen molar-refractivity contribution in [2.75, 3.05) is 16.9 Å². The number of hydrogen-bond donors (Lipinski definition) is 2. The zero-order chi connectivity index (χ0) is 20.1. The lowest BCUT2D eigenvalue weighted by atomic mass is 10.1. The summed E-state index contributed by atoms with van der Waals surface area (Å²) in [6, 6.07) is 13.3. The van der Waals surface area contributed by atoms with Crippen molar-refractivity contribution >= 4 is 39.3 Å². The molecule has 0 atom stereocenters. The largest absolute Gasteiger partial charge is 0.486 e. The number of anilines is 1. The number of aromatic nitrogens is 3. The van der Waals surface area contributed by atoms with E-state index in [-0.39, 0.29) is 18.3 Å². The third-order valence-corrected chi connectivity index (χ3v) is 5.34. The molecule has 0 aliphatic carbocycles. The maximum atomic E-state index is 12.3. The predicted octanol–water partition coefficient (Wildman–Crippen LogP) is 3.68. The molecule has 0 radical (unpaired) electrons. The van der Waals surface area contributed by atoms with Crippen LogP contribution in [0.2, 0.25) is 0 Å². The van der Waals surface area contributed by atoms with Crippen LogP contribution < -0.4 is 15.9 Å². The van der Waals surface area contributed by atoms with E-state index in [2.05, 4.69) is 31.4 Å². The van der Waals surface area contributed by atoms with Crippen LogP contribution in [0.1, 0.15) is 17.0 Å². The van der Waals surface area contributed by atoms with E-state index in [4.69, 9.17) is 10.6 Å². The Labute approximate surface area is 175 Å². The molecule has 1 aromatic heterocycles. The molecule has 0 aliphatic rings. The van der Waals surface area contributed by atoms with Gasteiger partial charge in [-0.1, -0.05) is 45.9 Å². The molecule has 0 fully saturated rings. The van der Waals surface area contributed by atoms with Gasteiger partial charge < -0.3 is 15.9 Å². The van der Waals surface area contributed by atoms with Crippen LogP contribution in [0, 0.1) is 13.8 Å². The molecular formula is C19H20BrN5O2S. The second kappa shape index (κ2) is 9.11. The fourth-order valence-electron chi connectivity index (χ4n) is 2.58. The van der Waals surface area contributed by atoms with Crippen molar-refractivity contribution in [2.24, 2.45) is 0 Å². The van der Waals surface area contributed by atoms with Crippen LogP contribution in [-0.4, -0.2) is 26.5 Å². The highest BCUT2D eigenvalue weighted by molar-refractivity contribution is 9.10. The Balaban J connectivity index is 1.56. The standard InChI is InChI=1S/C19H20BrN5O2S/c1-12-8-14(20)9-13(2)18(12)22-17(26)11-28-19-24-23-16(25(19)21)10-27-15-6-4-3-5-7-15/h3-9H,10-11,21H2,1-2H3,(H,22,26). The normalized spacial score (nSPS) is 10.7. The third-order valence-electron chi connectivity index (χ3n) is 3.94. The quantitative estimate of drug-likeness (QED) is 0.411. The Morgan fingerprint density at radius 3 is 2.57 bits per heavy atom. The first-order valence-corrected chi connectivity index (χ1v) is 10.3. The van der Waals surface area contributed by atoms with Crippen LogP contribution in [0.4, 0.5) is 5.69 Å². The molecule has 3 aromatic rings. The molecule has 0 spiro atoms. The molecule has 1 heterocycles. The topological polar surface area (TPSA) is 95.1 Å². The summed E-state index contributed by atoms with van der Waals surface area (Å²) >= 11 is 4.67. The van der Waals surface area contributed by atoms with E-state index in [9.17, 15) is 4.79 Å². The van der Waals surface area contributed by atoms with Crippen LogP contribution in [0.25, 0.3) is 0 Å². The Bertz CT molecular complexity index is 955. The van der Waals surface area contributed by atoms with Crippen molar-refractivity contribution in [3.8, 4) is 5.75 Å². The van der Waals surface area contributed by atoms with Gasteiger partial charge in [0.15, 0.2) is 5.82 Å². The minimum Gasteiger partial charge on any atom is -0.486 e. The van der Waals surface area contributed by atoms with Gasteiger partial charge in [0.1, 0.15) is 12.4 Å². The number of nitrogen functional groups attached to an aromatic ring is 1. The highest BCUT2D eigenvalue weighted by atomic mass is 79.9. The van der Waals surface area contributed by atoms with Crippen molar-refractivity contribution < 1.29 is 9.53 Å². The van der Waals surface area contributed by atoms with Crippen molar-refractivity contribution in [1.82, 2.24) is 14.9 Å². The molecule has 0 aliphatic heterocycles. The molecule has 1 amide bonds. The zero-order valence-corrected chi connectivity index (χ0v) is 17.9. The number of halogens is 1. The summed E-state index contributed by atoms with van der Waals surface area (Å²) in [5.41, 5.74) is 2.81. The van der Waals surface area contributed by atoms with Gasteiger partial charge in [-0.3, -0.25) is 4.79 Å². The highest BCUT2D eigenvalue weighted by Crippen LogP contribution is 2.25. The van der Waals surface area contributed by atoms with Gasteiger partial charge >= 0.3 is 0 Å². The lowest BCUT2D eigenvalue weighted by Crippen LogP contribution is -2.18. The molecule has 0 saturated heterocycles. The number of hydrogen-bond acceptors (Lipinski definition) is 6. The summed E-state index contributed by atoms with van der Waals surface area (Å²) in [6.07, 6.45) is 0. The molecule has 3 rings (SSSR count).